The van der Waals surface area contributed by atoms with Crippen molar-refractivity contribution in [3.8, 4) is 17.0 Å². The maximum absolute atomic E-state index is 12.5. The zero-order valence-electron chi connectivity index (χ0n) is 12.6. The highest BCUT2D eigenvalue weighted by Gasteiger charge is 2.30. The van der Waals surface area contributed by atoms with E-state index in [2.05, 4.69) is 5.10 Å². The Kier molecular flexibility index (Phi) is 4.92. The molecule has 0 fully saturated rings. The molecular weight excluding hydrogens is 313 g/mol. The summed E-state index contributed by atoms with van der Waals surface area (Å²) in [5.74, 6) is -0.132. The van der Waals surface area contributed by atoms with Crippen molar-refractivity contribution >= 4 is 5.97 Å². The summed E-state index contributed by atoms with van der Waals surface area (Å²) in [5.41, 5.74) is 0.617. The molecule has 8 heteroatoms. The number of hydrogen-bond acceptors (Lipinski definition) is 4. The molecule has 5 nitrogen and oxygen atoms in total. The Hall–Kier alpha value is -2.51. The summed E-state index contributed by atoms with van der Waals surface area (Å²) < 4.78 is 48.2. The Bertz CT molecular complexity index is 678. The third-order valence-electron chi connectivity index (χ3n) is 2.96. The molecule has 0 saturated carbocycles. The van der Waals surface area contributed by atoms with Gasteiger partial charge in [-0.3, -0.25) is 4.68 Å². The number of alkyl halides is 3. The van der Waals surface area contributed by atoms with Gasteiger partial charge in [0.25, 0.3) is 0 Å². The Morgan fingerprint density at radius 1 is 1.26 bits per heavy atom. The van der Waals surface area contributed by atoms with Crippen LogP contribution in [0.5, 0.6) is 5.75 Å². The van der Waals surface area contributed by atoms with Crippen molar-refractivity contribution in [3.05, 3.63) is 36.0 Å². The first-order valence-corrected chi connectivity index (χ1v) is 6.79. The molecule has 1 aromatic carbocycles. The van der Waals surface area contributed by atoms with Crippen molar-refractivity contribution in [2.24, 2.45) is 0 Å². The largest absolute Gasteiger partial charge is 0.497 e. The minimum Gasteiger partial charge on any atom is -0.497 e. The van der Waals surface area contributed by atoms with Crippen LogP contribution in [0.15, 0.2) is 30.5 Å². The molecule has 0 saturated heterocycles. The zero-order chi connectivity index (χ0) is 17.0. The van der Waals surface area contributed by atoms with Crippen LogP contribution >= 0.6 is 0 Å². The van der Waals surface area contributed by atoms with Gasteiger partial charge in [-0.25, -0.2) is 4.79 Å². The van der Waals surface area contributed by atoms with Crippen molar-refractivity contribution in [1.29, 1.82) is 0 Å². The Morgan fingerprint density at radius 3 is 2.43 bits per heavy atom. The number of nitrogens with zero attached hydrogens (tertiary/aromatic N) is 2. The summed E-state index contributed by atoms with van der Waals surface area (Å²) in [5, 5.41) is 3.88. The summed E-state index contributed by atoms with van der Waals surface area (Å²) in [6.45, 7) is 0.450. The zero-order valence-corrected chi connectivity index (χ0v) is 12.6. The average molecular weight is 328 g/mol. The van der Waals surface area contributed by atoms with E-state index in [1.807, 2.05) is 0 Å². The second kappa shape index (κ2) is 6.72. The fraction of sp³-hybridized carbons (Fsp3) is 0.333. The van der Waals surface area contributed by atoms with Crippen LogP contribution in [0.25, 0.3) is 11.3 Å². The average Bonchev–Trinajstić information content (AvgIpc) is 2.89. The summed E-state index contributed by atoms with van der Waals surface area (Å²) in [6.07, 6.45) is -3.39. The second-order valence-electron chi connectivity index (χ2n) is 4.65. The molecular formula is C15H15F3N2O3. The molecule has 0 unspecified atom stereocenters. The molecule has 124 valence electrons. The maximum atomic E-state index is 12.5. The van der Waals surface area contributed by atoms with Gasteiger partial charge in [-0.15, -0.1) is 0 Å². The third-order valence-corrected chi connectivity index (χ3v) is 2.96. The van der Waals surface area contributed by atoms with Gasteiger partial charge in [-0.2, -0.15) is 18.3 Å². The fourth-order valence-corrected chi connectivity index (χ4v) is 2.01. The van der Waals surface area contributed by atoms with Gasteiger partial charge >= 0.3 is 12.1 Å². The molecule has 2 rings (SSSR count). The molecule has 0 radical (unpaired) electrons. The van der Waals surface area contributed by atoms with Crippen LogP contribution in [0, 0.1) is 0 Å². The summed E-state index contributed by atoms with van der Waals surface area (Å²) in [7, 11) is 1.50. The number of ether oxygens (including phenoxy) is 2. The lowest BCUT2D eigenvalue weighted by Crippen LogP contribution is -2.18. The van der Waals surface area contributed by atoms with Crippen LogP contribution in [0.3, 0.4) is 0 Å². The molecule has 1 heterocycles. The topological polar surface area (TPSA) is 53.4 Å². The van der Waals surface area contributed by atoms with Gasteiger partial charge in [0.2, 0.25) is 0 Å². The highest BCUT2D eigenvalue weighted by atomic mass is 19.4. The van der Waals surface area contributed by atoms with Gasteiger partial charge in [0.1, 0.15) is 23.6 Å². The molecule has 0 N–H and O–H groups in total. The van der Waals surface area contributed by atoms with E-state index in [1.165, 1.54) is 7.11 Å². The van der Waals surface area contributed by atoms with E-state index in [1.54, 1.807) is 31.2 Å². The minimum atomic E-state index is -4.44. The lowest BCUT2D eigenvalue weighted by Gasteiger charge is -2.05. The SMILES string of the molecule is CCOC(=O)c1cn(CC(F)(F)F)nc1-c1ccc(OC)cc1. The monoisotopic (exact) mass is 328 g/mol. The third kappa shape index (κ3) is 4.24. The molecule has 0 atom stereocenters. The van der Waals surface area contributed by atoms with Crippen LogP contribution in [0.1, 0.15) is 17.3 Å². The quantitative estimate of drug-likeness (QED) is 0.790. The van der Waals surface area contributed by atoms with Crippen LogP contribution in [-0.2, 0) is 11.3 Å². The first-order valence-electron chi connectivity index (χ1n) is 6.79. The van der Waals surface area contributed by atoms with Crippen LogP contribution in [0.4, 0.5) is 13.2 Å². The molecule has 1 aromatic heterocycles. The maximum Gasteiger partial charge on any atom is 0.408 e. The van der Waals surface area contributed by atoms with Gasteiger partial charge in [0, 0.05) is 11.8 Å². The van der Waals surface area contributed by atoms with Gasteiger partial charge < -0.3 is 9.47 Å². The number of methoxy groups -OCH3 is 1. The molecule has 0 aliphatic carbocycles. The molecule has 0 aliphatic rings. The standard InChI is InChI=1S/C15H15F3N2O3/c1-3-23-14(21)12-8-20(9-15(16,17)18)19-13(12)10-4-6-11(22-2)7-5-10/h4-8H,3,9H2,1-2H3. The smallest absolute Gasteiger partial charge is 0.408 e. The molecule has 0 bridgehead atoms. The summed E-state index contributed by atoms with van der Waals surface area (Å²) >= 11 is 0. The molecule has 0 amide bonds. The minimum absolute atomic E-state index is 0.0127. The van der Waals surface area contributed by atoms with Crippen LogP contribution < -0.4 is 4.74 Å². The summed E-state index contributed by atoms with van der Waals surface area (Å²) in [4.78, 5) is 12.0. The van der Waals surface area contributed by atoms with E-state index in [0.29, 0.717) is 16.0 Å². The van der Waals surface area contributed by atoms with Gasteiger partial charge in [-0.1, -0.05) is 0 Å². The number of hydrogen-bond donors (Lipinski definition) is 0. The van der Waals surface area contributed by atoms with Crippen molar-refractivity contribution < 1.29 is 27.4 Å². The molecule has 0 aliphatic heterocycles. The van der Waals surface area contributed by atoms with Gasteiger partial charge in [-0.05, 0) is 31.2 Å². The van der Waals surface area contributed by atoms with E-state index in [4.69, 9.17) is 9.47 Å². The number of rotatable bonds is 5. The lowest BCUT2D eigenvalue weighted by atomic mass is 10.1. The predicted octanol–water partition coefficient (Wildman–Crippen LogP) is 3.30. The molecule has 0 spiro atoms. The second-order valence-corrected chi connectivity index (χ2v) is 4.65. The first kappa shape index (κ1) is 16.9. The van der Waals surface area contributed by atoms with Crippen molar-refractivity contribution in [3.63, 3.8) is 0 Å². The van der Waals surface area contributed by atoms with E-state index >= 15 is 0 Å². The van der Waals surface area contributed by atoms with E-state index in [0.717, 1.165) is 6.20 Å². The summed E-state index contributed by atoms with van der Waals surface area (Å²) in [6, 6.07) is 6.49. The van der Waals surface area contributed by atoms with Crippen LogP contribution in [0.2, 0.25) is 0 Å². The van der Waals surface area contributed by atoms with Crippen LogP contribution in [-0.4, -0.2) is 35.6 Å². The normalized spacial score (nSPS) is 11.3. The Balaban J connectivity index is 2.43. The van der Waals surface area contributed by atoms with E-state index in [-0.39, 0.29) is 17.9 Å². The number of benzene rings is 1. The Labute approximate surface area is 130 Å². The fourth-order valence-electron chi connectivity index (χ4n) is 2.01. The number of carbonyl (C=O) groups excluding carboxylic acids is 1. The van der Waals surface area contributed by atoms with Gasteiger partial charge in [0.15, 0.2) is 0 Å². The number of halogens is 3. The predicted molar refractivity (Wildman–Crippen MR) is 76.2 cm³/mol. The van der Waals surface area contributed by atoms with E-state index in [9.17, 15) is 18.0 Å². The van der Waals surface area contributed by atoms with Crippen molar-refractivity contribution in [2.45, 2.75) is 19.6 Å². The number of aromatic nitrogens is 2. The molecule has 2 aromatic rings. The van der Waals surface area contributed by atoms with Crippen molar-refractivity contribution in [2.75, 3.05) is 13.7 Å². The Morgan fingerprint density at radius 2 is 1.91 bits per heavy atom. The van der Waals surface area contributed by atoms with Crippen molar-refractivity contribution in [1.82, 2.24) is 9.78 Å². The number of esters is 1. The van der Waals surface area contributed by atoms with E-state index < -0.39 is 18.7 Å². The highest BCUT2D eigenvalue weighted by Crippen LogP contribution is 2.26. The van der Waals surface area contributed by atoms with Gasteiger partial charge in [0.05, 0.1) is 13.7 Å². The molecule has 23 heavy (non-hydrogen) atoms. The highest BCUT2D eigenvalue weighted by molar-refractivity contribution is 5.96. The number of carbonyl (C=O) groups is 1. The lowest BCUT2D eigenvalue weighted by molar-refractivity contribution is -0.142. The first-order chi connectivity index (χ1) is 10.8.